The number of halogens is 4. The number of aromatic nitrogens is 5. The normalized spacial score (nSPS) is 15.0. The van der Waals surface area contributed by atoms with E-state index in [4.69, 9.17) is 16.0 Å². The fraction of sp³-hybridized carbons (Fsp3) is 0.316. The summed E-state index contributed by atoms with van der Waals surface area (Å²) in [6.45, 7) is 4.69. The predicted molar refractivity (Wildman–Crippen MR) is 108 cm³/mol. The topological polar surface area (TPSA) is 92.9 Å². The van der Waals surface area contributed by atoms with E-state index >= 15 is 0 Å². The van der Waals surface area contributed by atoms with Crippen LogP contribution in [0, 0.1) is 13.8 Å². The Bertz CT molecular complexity index is 1300. The Morgan fingerprint density at radius 2 is 1.84 bits per heavy atom. The van der Waals surface area contributed by atoms with Crippen LogP contribution in [0.2, 0.25) is 5.02 Å². The van der Waals surface area contributed by atoms with Crippen molar-refractivity contribution in [1.29, 1.82) is 0 Å². The van der Waals surface area contributed by atoms with Gasteiger partial charge in [-0.15, -0.1) is 0 Å². The maximum atomic E-state index is 12.7. The summed E-state index contributed by atoms with van der Waals surface area (Å²) in [6, 6.07) is -0.0171. The molecule has 0 radical (unpaired) electrons. The van der Waals surface area contributed by atoms with Crippen molar-refractivity contribution >= 4 is 45.6 Å². The van der Waals surface area contributed by atoms with Crippen molar-refractivity contribution in [3.63, 3.8) is 0 Å². The number of anilines is 2. The second-order valence-corrected chi connectivity index (χ2v) is 7.71. The Morgan fingerprint density at radius 1 is 1.13 bits per heavy atom. The molecule has 160 valence electrons. The highest BCUT2D eigenvalue weighted by molar-refractivity contribution is 6.33. The van der Waals surface area contributed by atoms with Crippen LogP contribution in [0.3, 0.4) is 0 Å². The van der Waals surface area contributed by atoms with Gasteiger partial charge in [0.15, 0.2) is 11.4 Å². The molecule has 1 aliphatic heterocycles. The van der Waals surface area contributed by atoms with Crippen molar-refractivity contribution in [2.75, 3.05) is 23.3 Å². The Kier molecular flexibility index (Phi) is 4.40. The number of fused-ring (bicyclic) bond motifs is 3. The first-order valence-electron chi connectivity index (χ1n) is 9.33. The Hall–Kier alpha value is -3.21. The molecule has 1 fully saturated rings. The lowest BCUT2D eigenvalue weighted by Gasteiger charge is -2.39. The molecule has 12 heteroatoms. The molecule has 0 spiro atoms. The summed E-state index contributed by atoms with van der Waals surface area (Å²) in [4.78, 5) is 22.4. The van der Waals surface area contributed by atoms with Crippen LogP contribution in [-0.2, 0) is 6.18 Å². The molecule has 0 atom stereocenters. The van der Waals surface area contributed by atoms with E-state index in [1.807, 2.05) is 6.92 Å². The molecule has 1 saturated heterocycles. The molecule has 4 aromatic rings. The number of nitrogens with one attached hydrogen (secondary N) is 1. The SMILES string of the molecule is Cc1nc2oc3c(NC4CN(c5ncc(C(F)(F)F)cn5)C4)ncnc3c2c(C)c1Cl. The lowest BCUT2D eigenvalue weighted by molar-refractivity contribution is -0.138. The Balaban J connectivity index is 1.36. The summed E-state index contributed by atoms with van der Waals surface area (Å²) >= 11 is 6.34. The molecular formula is C19H15ClF3N7O. The Labute approximate surface area is 178 Å². The van der Waals surface area contributed by atoms with Crippen LogP contribution in [0.15, 0.2) is 23.1 Å². The number of hydrogen-bond donors (Lipinski definition) is 1. The van der Waals surface area contributed by atoms with Crippen LogP contribution in [0.4, 0.5) is 24.9 Å². The van der Waals surface area contributed by atoms with Crippen molar-refractivity contribution in [1.82, 2.24) is 24.9 Å². The molecule has 5 rings (SSSR count). The van der Waals surface area contributed by atoms with Crippen LogP contribution >= 0.6 is 11.6 Å². The second-order valence-electron chi connectivity index (χ2n) is 7.33. The second kappa shape index (κ2) is 6.91. The van der Waals surface area contributed by atoms with Crippen molar-refractivity contribution in [3.8, 4) is 0 Å². The lowest BCUT2D eigenvalue weighted by atomic mass is 10.1. The minimum Gasteiger partial charge on any atom is -0.432 e. The van der Waals surface area contributed by atoms with Gasteiger partial charge in [-0.1, -0.05) is 11.6 Å². The maximum Gasteiger partial charge on any atom is 0.419 e. The van der Waals surface area contributed by atoms with E-state index in [-0.39, 0.29) is 12.0 Å². The first kappa shape index (κ1) is 19.7. The van der Waals surface area contributed by atoms with Crippen LogP contribution in [-0.4, -0.2) is 44.1 Å². The average Bonchev–Trinajstić information content (AvgIpc) is 3.07. The van der Waals surface area contributed by atoms with E-state index < -0.39 is 11.7 Å². The molecule has 0 aromatic carbocycles. The minimum absolute atomic E-state index is 0.0171. The van der Waals surface area contributed by atoms with Gasteiger partial charge in [0.2, 0.25) is 11.7 Å². The van der Waals surface area contributed by atoms with Gasteiger partial charge in [-0.25, -0.2) is 24.9 Å². The zero-order valence-electron chi connectivity index (χ0n) is 16.3. The molecule has 8 nitrogen and oxygen atoms in total. The third kappa shape index (κ3) is 3.29. The molecule has 0 unspecified atom stereocenters. The standard InChI is InChI=1S/C19H15ClF3N7O/c1-8-12-14-15(31-17(12)28-9(2)13(8)20)16(27-7-26-14)29-11-5-30(6-11)18-24-3-10(4-25-18)19(21,22)23/h3-4,7,11H,5-6H2,1-2H3,(H,26,27,29). The number of pyridine rings is 1. The van der Waals surface area contributed by atoms with E-state index in [1.54, 1.807) is 11.8 Å². The molecule has 5 heterocycles. The summed E-state index contributed by atoms with van der Waals surface area (Å²) in [5.41, 5.74) is 2.15. The van der Waals surface area contributed by atoms with Crippen molar-refractivity contribution in [2.24, 2.45) is 0 Å². The average molecular weight is 450 g/mol. The number of nitrogens with zero attached hydrogens (tertiary/aromatic N) is 6. The van der Waals surface area contributed by atoms with E-state index in [9.17, 15) is 13.2 Å². The fourth-order valence-corrected chi connectivity index (χ4v) is 3.69. The maximum absolute atomic E-state index is 12.7. The molecular weight excluding hydrogens is 435 g/mol. The number of rotatable bonds is 3. The zero-order valence-corrected chi connectivity index (χ0v) is 17.1. The molecule has 1 aliphatic rings. The molecule has 0 aliphatic carbocycles. The third-order valence-corrected chi connectivity index (χ3v) is 5.77. The van der Waals surface area contributed by atoms with Crippen LogP contribution in [0.1, 0.15) is 16.8 Å². The Morgan fingerprint density at radius 3 is 2.52 bits per heavy atom. The molecule has 0 bridgehead atoms. The first-order valence-corrected chi connectivity index (χ1v) is 9.71. The number of aryl methyl sites for hydroxylation is 2. The number of furan rings is 1. The minimum atomic E-state index is -4.46. The summed E-state index contributed by atoms with van der Waals surface area (Å²) in [6.07, 6.45) is -1.46. The van der Waals surface area contributed by atoms with Crippen molar-refractivity contribution < 1.29 is 17.6 Å². The van der Waals surface area contributed by atoms with Crippen molar-refractivity contribution in [2.45, 2.75) is 26.1 Å². The van der Waals surface area contributed by atoms with Crippen LogP contribution < -0.4 is 10.2 Å². The van der Waals surface area contributed by atoms with E-state index in [1.165, 1.54) is 6.33 Å². The van der Waals surface area contributed by atoms with Gasteiger partial charge in [0.05, 0.1) is 27.7 Å². The summed E-state index contributed by atoms with van der Waals surface area (Å²) in [5.74, 6) is 0.752. The molecule has 4 aromatic heterocycles. The highest BCUT2D eigenvalue weighted by Gasteiger charge is 2.33. The third-order valence-electron chi connectivity index (χ3n) is 5.22. The van der Waals surface area contributed by atoms with E-state index in [0.29, 0.717) is 46.4 Å². The molecule has 0 amide bonds. The van der Waals surface area contributed by atoms with Gasteiger partial charge in [-0.2, -0.15) is 13.2 Å². The summed E-state index contributed by atoms with van der Waals surface area (Å²) in [7, 11) is 0. The van der Waals surface area contributed by atoms with E-state index in [2.05, 4.69) is 30.2 Å². The van der Waals surface area contributed by atoms with Gasteiger partial charge in [0, 0.05) is 25.5 Å². The molecule has 1 N–H and O–H groups in total. The zero-order chi connectivity index (χ0) is 21.9. The fourth-order valence-electron chi connectivity index (χ4n) is 3.56. The number of hydrogen-bond acceptors (Lipinski definition) is 8. The lowest BCUT2D eigenvalue weighted by Crippen LogP contribution is -2.55. The van der Waals surface area contributed by atoms with E-state index in [0.717, 1.165) is 23.3 Å². The van der Waals surface area contributed by atoms with Gasteiger partial charge in [-0.05, 0) is 19.4 Å². The van der Waals surface area contributed by atoms with Crippen LogP contribution in [0.5, 0.6) is 0 Å². The highest BCUT2D eigenvalue weighted by atomic mass is 35.5. The van der Waals surface area contributed by atoms with Crippen LogP contribution in [0.25, 0.3) is 22.2 Å². The summed E-state index contributed by atoms with van der Waals surface area (Å²) in [5, 5.41) is 4.59. The largest absolute Gasteiger partial charge is 0.432 e. The summed E-state index contributed by atoms with van der Waals surface area (Å²) < 4.78 is 43.9. The smallest absolute Gasteiger partial charge is 0.419 e. The quantitative estimate of drug-likeness (QED) is 0.498. The van der Waals surface area contributed by atoms with Gasteiger partial charge in [0.1, 0.15) is 11.8 Å². The molecule has 31 heavy (non-hydrogen) atoms. The van der Waals surface area contributed by atoms with Gasteiger partial charge in [-0.3, -0.25) is 0 Å². The first-order chi connectivity index (χ1) is 14.7. The number of alkyl halides is 3. The van der Waals surface area contributed by atoms with Crippen molar-refractivity contribution in [3.05, 3.63) is 40.6 Å². The monoisotopic (exact) mass is 449 g/mol. The highest BCUT2D eigenvalue weighted by Crippen LogP contribution is 2.36. The molecule has 0 saturated carbocycles. The predicted octanol–water partition coefficient (Wildman–Crippen LogP) is 4.15. The van der Waals surface area contributed by atoms with Gasteiger partial charge in [0.25, 0.3) is 0 Å². The van der Waals surface area contributed by atoms with Gasteiger partial charge < -0.3 is 14.6 Å². The van der Waals surface area contributed by atoms with Gasteiger partial charge >= 0.3 is 6.18 Å².